The van der Waals surface area contributed by atoms with Crippen LogP contribution in [0.3, 0.4) is 0 Å². The van der Waals surface area contributed by atoms with Crippen molar-refractivity contribution in [3.8, 4) is 28.7 Å². The van der Waals surface area contributed by atoms with Crippen LogP contribution in [0, 0.1) is 29.1 Å². The Morgan fingerprint density at radius 3 is 2.74 bits per heavy atom. The van der Waals surface area contributed by atoms with E-state index in [-0.39, 0.29) is 16.7 Å². The zero-order chi connectivity index (χ0) is 25.1. The molecule has 180 valence electrons. The number of benzene rings is 3. The summed E-state index contributed by atoms with van der Waals surface area (Å²) in [6, 6.07) is 19.7. The monoisotopic (exact) mass is 504 g/mol. The van der Waals surface area contributed by atoms with Gasteiger partial charge in [0.15, 0.2) is 0 Å². The fourth-order valence-corrected chi connectivity index (χ4v) is 9.37. The number of rotatable bonds is 1. The number of phenolic OH excluding ortho intramolecular Hbond substituents is 1. The van der Waals surface area contributed by atoms with Gasteiger partial charge in [0.2, 0.25) is 0 Å². The Bertz CT molecular complexity index is 1960. The summed E-state index contributed by atoms with van der Waals surface area (Å²) in [6.45, 7) is 0. The quantitative estimate of drug-likeness (QED) is 0.257. The van der Waals surface area contributed by atoms with Gasteiger partial charge in [-0.1, -0.05) is 84.7 Å². The molecular weight excluding hydrogens is 480 g/mol. The van der Waals surface area contributed by atoms with Crippen LogP contribution < -0.4 is 0 Å². The minimum Gasteiger partial charge on any atom is -0.507 e. The number of fused-ring (bicyclic) bond motifs is 9. The molecule has 4 atom stereocenters. The molecule has 0 bridgehead atoms. The first-order valence-corrected chi connectivity index (χ1v) is 14.3. The zero-order valence-electron chi connectivity index (χ0n) is 20.7. The van der Waals surface area contributed by atoms with E-state index in [4.69, 9.17) is 0 Å². The molecule has 0 amide bonds. The number of hydrogen-bond donors (Lipinski definition) is 1. The highest BCUT2D eigenvalue weighted by atomic mass is 32.1. The zero-order valence-corrected chi connectivity index (χ0v) is 21.6. The normalized spacial score (nSPS) is 29.2. The minimum atomic E-state index is -0.230. The number of hydrogen-bond acceptors (Lipinski definition) is 2. The molecule has 0 radical (unpaired) electrons. The molecule has 1 N–H and O–H groups in total. The van der Waals surface area contributed by atoms with Gasteiger partial charge in [-0.25, -0.2) is 0 Å². The van der Waals surface area contributed by atoms with E-state index in [9.17, 15) is 5.11 Å². The number of phenols is 1. The molecule has 4 aromatic rings. The highest BCUT2D eigenvalue weighted by Gasteiger charge is 2.80. The van der Waals surface area contributed by atoms with Gasteiger partial charge >= 0.3 is 0 Å². The van der Waals surface area contributed by atoms with E-state index in [1.165, 1.54) is 48.0 Å². The van der Waals surface area contributed by atoms with Gasteiger partial charge in [-0.2, -0.15) is 0 Å². The van der Waals surface area contributed by atoms with Crippen molar-refractivity contribution in [1.82, 2.24) is 0 Å². The van der Waals surface area contributed by atoms with Gasteiger partial charge in [0, 0.05) is 43.0 Å². The van der Waals surface area contributed by atoms with Crippen LogP contribution in [-0.2, 0) is 5.41 Å². The topological polar surface area (TPSA) is 20.2 Å². The summed E-state index contributed by atoms with van der Waals surface area (Å²) in [5.74, 6) is 8.18. The van der Waals surface area contributed by atoms with Gasteiger partial charge < -0.3 is 5.11 Å². The second kappa shape index (κ2) is 7.07. The summed E-state index contributed by atoms with van der Waals surface area (Å²) in [6.07, 6.45) is 19.9. The molecule has 5 aliphatic rings. The van der Waals surface area contributed by atoms with Gasteiger partial charge in [0.1, 0.15) is 5.75 Å². The standard InChI is InChI=1S/C36H24OS/c37-29-18-17-24(22-16-19-31-27(21-22)25-11-3-5-14-30(25)38-31)34-33(29)26-12-2-4-13-28(26)36(34)32-15-6-1-9-23-10-7-8-20-35(23,32)36/h1-7,10-12,14-19,21,23,28,37H,9,13H2. The lowest BCUT2D eigenvalue weighted by Crippen LogP contribution is -2.29. The molecule has 1 heterocycles. The Kier molecular flexibility index (Phi) is 3.90. The second-order valence-electron chi connectivity index (χ2n) is 11.1. The molecule has 1 aromatic heterocycles. The van der Waals surface area contributed by atoms with Crippen LogP contribution in [0.2, 0.25) is 0 Å². The fraction of sp³-hybridized carbons (Fsp3) is 0.167. The van der Waals surface area contributed by atoms with E-state index in [2.05, 4.69) is 103 Å². The predicted octanol–water partition coefficient (Wildman–Crippen LogP) is 8.71. The van der Waals surface area contributed by atoms with Gasteiger partial charge in [-0.15, -0.1) is 11.3 Å². The van der Waals surface area contributed by atoms with E-state index < -0.39 is 0 Å². The van der Waals surface area contributed by atoms with Gasteiger partial charge in [0.25, 0.3) is 0 Å². The SMILES string of the molecule is Oc1ccc(-c2ccc3sc4ccccc4c3c2)c2c1C1=CC=CCC1C21C2=CC=CCC3C=CC#CC231. The number of aromatic hydroxyl groups is 1. The molecule has 2 heteroatoms. The number of allylic oxidation sites excluding steroid dienone is 10. The summed E-state index contributed by atoms with van der Waals surface area (Å²) in [5.41, 5.74) is 7.01. The third kappa shape index (κ3) is 2.27. The van der Waals surface area contributed by atoms with E-state index in [1.807, 2.05) is 23.5 Å². The Balaban J connectivity index is 1.38. The Hall–Kier alpha value is -4.06. The lowest BCUT2D eigenvalue weighted by atomic mass is 9.69. The molecule has 3 aromatic carbocycles. The van der Waals surface area contributed by atoms with Crippen LogP contribution in [-0.4, -0.2) is 5.11 Å². The molecule has 0 aliphatic heterocycles. The third-order valence-electron chi connectivity index (χ3n) is 9.67. The summed E-state index contributed by atoms with van der Waals surface area (Å²) in [5, 5.41) is 14.0. The first-order valence-electron chi connectivity index (χ1n) is 13.5. The van der Waals surface area contributed by atoms with Crippen molar-refractivity contribution in [2.45, 2.75) is 18.3 Å². The molecular formula is C36H24OS. The molecule has 1 nitrogen and oxygen atoms in total. The molecule has 2 spiro atoms. The lowest BCUT2D eigenvalue weighted by Gasteiger charge is -2.31. The molecule has 38 heavy (non-hydrogen) atoms. The largest absolute Gasteiger partial charge is 0.507 e. The van der Waals surface area contributed by atoms with Crippen LogP contribution >= 0.6 is 11.3 Å². The second-order valence-corrected chi connectivity index (χ2v) is 12.2. The van der Waals surface area contributed by atoms with Crippen LogP contribution in [0.25, 0.3) is 36.9 Å². The Labute approximate surface area is 225 Å². The summed E-state index contributed by atoms with van der Waals surface area (Å²) in [7, 11) is 0. The van der Waals surface area contributed by atoms with Crippen LogP contribution in [0.15, 0.2) is 109 Å². The third-order valence-corrected chi connectivity index (χ3v) is 10.8. The molecule has 5 aliphatic carbocycles. The number of thiophene rings is 1. The first-order chi connectivity index (χ1) is 18.7. The highest BCUT2D eigenvalue weighted by molar-refractivity contribution is 7.25. The summed E-state index contributed by atoms with van der Waals surface area (Å²) < 4.78 is 2.63. The van der Waals surface area contributed by atoms with Crippen molar-refractivity contribution in [2.75, 3.05) is 0 Å². The van der Waals surface area contributed by atoms with Crippen LogP contribution in [0.1, 0.15) is 24.0 Å². The van der Waals surface area contributed by atoms with Gasteiger partial charge in [-0.3, -0.25) is 0 Å². The Morgan fingerprint density at radius 2 is 1.76 bits per heavy atom. The average Bonchev–Trinajstić information content (AvgIpc) is 3.21. The molecule has 1 saturated carbocycles. The van der Waals surface area contributed by atoms with Crippen molar-refractivity contribution < 1.29 is 5.11 Å². The van der Waals surface area contributed by atoms with Gasteiger partial charge in [-0.05, 0) is 71.0 Å². The van der Waals surface area contributed by atoms with Crippen LogP contribution in [0.5, 0.6) is 5.75 Å². The average molecular weight is 505 g/mol. The maximum absolute atomic E-state index is 11.4. The summed E-state index contributed by atoms with van der Waals surface area (Å²) in [4.78, 5) is 0. The lowest BCUT2D eigenvalue weighted by molar-refractivity contribution is 0.360. The summed E-state index contributed by atoms with van der Waals surface area (Å²) >= 11 is 1.85. The fourth-order valence-electron chi connectivity index (χ4n) is 8.29. The molecule has 1 fully saturated rings. The minimum absolute atomic E-state index is 0.229. The van der Waals surface area contributed by atoms with E-state index in [1.54, 1.807) is 0 Å². The van der Waals surface area contributed by atoms with E-state index in [0.29, 0.717) is 11.7 Å². The molecule has 0 saturated heterocycles. The maximum Gasteiger partial charge on any atom is 0.123 e. The molecule has 4 unspecified atom stereocenters. The van der Waals surface area contributed by atoms with E-state index in [0.717, 1.165) is 18.4 Å². The first kappa shape index (κ1) is 20.9. The Morgan fingerprint density at radius 1 is 0.895 bits per heavy atom. The van der Waals surface area contributed by atoms with Crippen molar-refractivity contribution >= 4 is 37.1 Å². The molecule has 9 rings (SSSR count). The van der Waals surface area contributed by atoms with Crippen molar-refractivity contribution in [3.05, 3.63) is 120 Å². The van der Waals surface area contributed by atoms with E-state index >= 15 is 0 Å². The van der Waals surface area contributed by atoms with Crippen molar-refractivity contribution in [3.63, 3.8) is 0 Å². The highest BCUT2D eigenvalue weighted by Crippen LogP contribution is 2.83. The smallest absolute Gasteiger partial charge is 0.123 e. The van der Waals surface area contributed by atoms with Crippen LogP contribution in [0.4, 0.5) is 0 Å². The van der Waals surface area contributed by atoms with Crippen molar-refractivity contribution in [1.29, 1.82) is 0 Å². The maximum atomic E-state index is 11.4. The van der Waals surface area contributed by atoms with Gasteiger partial charge in [0.05, 0.1) is 5.41 Å². The predicted molar refractivity (Wildman–Crippen MR) is 158 cm³/mol. The van der Waals surface area contributed by atoms with Crippen molar-refractivity contribution in [2.24, 2.45) is 17.3 Å².